The normalized spacial score (nSPS) is 22.1. The molecule has 0 unspecified atom stereocenters. The minimum Gasteiger partial charge on any atom is -0.334 e. The summed E-state index contributed by atoms with van der Waals surface area (Å²) in [7, 11) is 0. The monoisotopic (exact) mass is 291 g/mol. The highest BCUT2D eigenvalue weighted by atomic mass is 16.2. The number of carbonyl (C=O) groups is 2. The molecule has 7 nitrogen and oxygen atoms in total. The summed E-state index contributed by atoms with van der Waals surface area (Å²) < 4.78 is 2.09. The molecule has 0 spiro atoms. The van der Waals surface area contributed by atoms with E-state index < -0.39 is 0 Å². The van der Waals surface area contributed by atoms with Crippen LogP contribution in [-0.4, -0.2) is 49.5 Å². The molecular weight excluding hydrogens is 270 g/mol. The van der Waals surface area contributed by atoms with Crippen molar-refractivity contribution in [1.29, 1.82) is 0 Å². The van der Waals surface area contributed by atoms with E-state index in [4.69, 9.17) is 0 Å². The lowest BCUT2D eigenvalue weighted by Gasteiger charge is -2.35. The van der Waals surface area contributed by atoms with Gasteiger partial charge < -0.3 is 14.4 Å². The molecule has 0 aliphatic carbocycles. The molecule has 0 N–H and O–H groups in total. The van der Waals surface area contributed by atoms with Gasteiger partial charge in [0.2, 0.25) is 11.8 Å². The van der Waals surface area contributed by atoms with E-state index in [1.54, 1.807) is 18.7 Å². The lowest BCUT2D eigenvalue weighted by atomic mass is 10.0. The molecule has 0 radical (unpaired) electrons. The molecule has 114 valence electrons. The Bertz CT molecular complexity index is 568. The van der Waals surface area contributed by atoms with Gasteiger partial charge in [-0.1, -0.05) is 0 Å². The van der Waals surface area contributed by atoms with Crippen LogP contribution < -0.4 is 0 Å². The second-order valence-corrected chi connectivity index (χ2v) is 5.79. The average Bonchev–Trinajstić information content (AvgIpc) is 2.89. The van der Waals surface area contributed by atoms with Crippen molar-refractivity contribution in [2.75, 3.05) is 13.1 Å². The lowest BCUT2D eigenvalue weighted by Crippen LogP contribution is -2.41. The Morgan fingerprint density at radius 2 is 1.86 bits per heavy atom. The van der Waals surface area contributed by atoms with Crippen LogP contribution in [0.5, 0.6) is 0 Å². The fraction of sp³-hybridized carbons (Fsp3) is 0.714. The maximum Gasteiger partial charge on any atom is 0.220 e. The zero-order chi connectivity index (χ0) is 15.0. The van der Waals surface area contributed by atoms with Crippen LogP contribution in [0.25, 0.3) is 0 Å². The smallest absolute Gasteiger partial charge is 0.220 e. The summed E-state index contributed by atoms with van der Waals surface area (Å²) >= 11 is 0. The van der Waals surface area contributed by atoms with Crippen LogP contribution in [0.2, 0.25) is 0 Å². The van der Waals surface area contributed by atoms with E-state index in [-0.39, 0.29) is 17.9 Å². The van der Waals surface area contributed by atoms with Gasteiger partial charge in [-0.2, -0.15) is 0 Å². The molecule has 3 rings (SSSR count). The number of aromatic nitrogens is 3. The predicted molar refractivity (Wildman–Crippen MR) is 75.1 cm³/mol. The minimum atomic E-state index is 0.0291. The third kappa shape index (κ3) is 2.52. The number of amides is 2. The molecule has 21 heavy (non-hydrogen) atoms. The Morgan fingerprint density at radius 3 is 2.57 bits per heavy atom. The van der Waals surface area contributed by atoms with Crippen molar-refractivity contribution < 1.29 is 9.59 Å². The fourth-order valence-corrected chi connectivity index (χ4v) is 3.27. The quantitative estimate of drug-likeness (QED) is 0.764. The lowest BCUT2D eigenvalue weighted by molar-refractivity contribution is -0.132. The van der Waals surface area contributed by atoms with Crippen molar-refractivity contribution in [3.8, 4) is 0 Å². The third-order valence-electron chi connectivity index (χ3n) is 4.43. The Morgan fingerprint density at radius 1 is 1.05 bits per heavy atom. The Kier molecular flexibility index (Phi) is 3.65. The number of hydrogen-bond donors (Lipinski definition) is 0. The van der Waals surface area contributed by atoms with E-state index in [9.17, 15) is 9.59 Å². The SMILES string of the molecule is CC(=O)N1CCn2c(nnc2[C@H]2CCCCN2C(C)=O)C1. The summed E-state index contributed by atoms with van der Waals surface area (Å²) in [5.41, 5.74) is 0. The van der Waals surface area contributed by atoms with E-state index >= 15 is 0 Å². The Balaban J connectivity index is 1.87. The fourth-order valence-electron chi connectivity index (χ4n) is 3.27. The number of rotatable bonds is 1. The first-order chi connectivity index (χ1) is 10.1. The second kappa shape index (κ2) is 5.46. The number of piperidine rings is 1. The van der Waals surface area contributed by atoms with E-state index in [0.29, 0.717) is 19.6 Å². The first-order valence-corrected chi connectivity index (χ1v) is 7.52. The molecule has 2 amide bonds. The van der Waals surface area contributed by atoms with Crippen molar-refractivity contribution in [1.82, 2.24) is 24.6 Å². The van der Waals surface area contributed by atoms with Crippen LogP contribution in [0, 0.1) is 0 Å². The summed E-state index contributed by atoms with van der Waals surface area (Å²) in [5, 5.41) is 8.57. The molecule has 3 heterocycles. The Hall–Kier alpha value is -1.92. The molecular formula is C14H21N5O2. The van der Waals surface area contributed by atoms with Crippen LogP contribution in [0.15, 0.2) is 0 Å². The van der Waals surface area contributed by atoms with Gasteiger partial charge in [-0.25, -0.2) is 0 Å². The number of carbonyl (C=O) groups excluding carboxylic acids is 2. The largest absolute Gasteiger partial charge is 0.334 e. The molecule has 0 aromatic carbocycles. The summed E-state index contributed by atoms with van der Waals surface area (Å²) in [4.78, 5) is 27.0. The summed E-state index contributed by atoms with van der Waals surface area (Å²) in [6.45, 7) is 5.88. The number of nitrogens with zero attached hydrogens (tertiary/aromatic N) is 5. The van der Waals surface area contributed by atoms with Gasteiger partial charge in [0.25, 0.3) is 0 Å². The van der Waals surface area contributed by atoms with Gasteiger partial charge in [0.1, 0.15) is 0 Å². The highest BCUT2D eigenvalue weighted by Crippen LogP contribution is 2.31. The number of likely N-dealkylation sites (tertiary alicyclic amines) is 1. The van der Waals surface area contributed by atoms with E-state index in [0.717, 1.165) is 37.5 Å². The van der Waals surface area contributed by atoms with Crippen LogP contribution in [0.1, 0.15) is 50.8 Å². The van der Waals surface area contributed by atoms with E-state index in [1.807, 2.05) is 4.90 Å². The van der Waals surface area contributed by atoms with Crippen molar-refractivity contribution in [2.45, 2.75) is 52.2 Å². The van der Waals surface area contributed by atoms with Gasteiger partial charge in [-0.15, -0.1) is 10.2 Å². The summed E-state index contributed by atoms with van der Waals surface area (Å²) in [5.74, 6) is 1.86. The van der Waals surface area contributed by atoms with E-state index in [1.165, 1.54) is 0 Å². The third-order valence-corrected chi connectivity index (χ3v) is 4.43. The standard InChI is InChI=1S/C14H21N5O2/c1-10(20)17-7-8-19-13(9-17)15-16-14(19)12-5-3-4-6-18(12)11(2)21/h12H,3-9H2,1-2H3/t12-/m1/s1. The van der Waals surface area contributed by atoms with Gasteiger partial charge in [-0.3, -0.25) is 9.59 Å². The first kappa shape index (κ1) is 14.0. The van der Waals surface area contributed by atoms with Gasteiger partial charge >= 0.3 is 0 Å². The first-order valence-electron chi connectivity index (χ1n) is 7.52. The Labute approximate surface area is 123 Å². The van der Waals surface area contributed by atoms with Crippen LogP contribution in [-0.2, 0) is 22.7 Å². The highest BCUT2D eigenvalue weighted by Gasteiger charge is 2.32. The molecule has 0 bridgehead atoms. The van der Waals surface area contributed by atoms with Crippen molar-refractivity contribution >= 4 is 11.8 Å². The molecule has 1 atom stereocenters. The second-order valence-electron chi connectivity index (χ2n) is 5.79. The van der Waals surface area contributed by atoms with Crippen LogP contribution in [0.3, 0.4) is 0 Å². The maximum atomic E-state index is 11.8. The molecule has 0 saturated carbocycles. The topological polar surface area (TPSA) is 71.3 Å². The molecule has 1 aromatic heterocycles. The molecule has 1 aromatic rings. The molecule has 2 aliphatic heterocycles. The van der Waals surface area contributed by atoms with Gasteiger partial charge in [0, 0.05) is 33.5 Å². The van der Waals surface area contributed by atoms with Crippen molar-refractivity contribution in [3.63, 3.8) is 0 Å². The minimum absolute atomic E-state index is 0.0291. The predicted octanol–water partition coefficient (Wildman–Crippen LogP) is 0.714. The van der Waals surface area contributed by atoms with Gasteiger partial charge in [-0.05, 0) is 19.3 Å². The number of hydrogen-bond acceptors (Lipinski definition) is 4. The molecule has 1 fully saturated rings. The molecule has 1 saturated heterocycles. The van der Waals surface area contributed by atoms with Gasteiger partial charge in [0.05, 0.1) is 12.6 Å². The van der Waals surface area contributed by atoms with Crippen molar-refractivity contribution in [2.24, 2.45) is 0 Å². The zero-order valence-corrected chi connectivity index (χ0v) is 12.6. The van der Waals surface area contributed by atoms with Crippen LogP contribution >= 0.6 is 0 Å². The van der Waals surface area contributed by atoms with E-state index in [2.05, 4.69) is 14.8 Å². The average molecular weight is 291 g/mol. The maximum absolute atomic E-state index is 11.8. The highest BCUT2D eigenvalue weighted by molar-refractivity contribution is 5.74. The summed E-state index contributed by atoms with van der Waals surface area (Å²) in [6.07, 6.45) is 3.10. The van der Waals surface area contributed by atoms with Gasteiger partial charge in [0.15, 0.2) is 11.6 Å². The molecule has 2 aliphatic rings. The van der Waals surface area contributed by atoms with Crippen LogP contribution in [0.4, 0.5) is 0 Å². The number of fused-ring (bicyclic) bond motifs is 1. The molecule has 7 heteroatoms. The van der Waals surface area contributed by atoms with Crippen molar-refractivity contribution in [3.05, 3.63) is 11.6 Å². The summed E-state index contributed by atoms with van der Waals surface area (Å²) in [6, 6.07) is 0.0291. The zero-order valence-electron chi connectivity index (χ0n) is 12.6.